The first kappa shape index (κ1) is 12.4. The van der Waals surface area contributed by atoms with Crippen molar-refractivity contribution in [1.82, 2.24) is 0 Å². The summed E-state index contributed by atoms with van der Waals surface area (Å²) in [6.07, 6.45) is 4.20. The van der Waals surface area contributed by atoms with E-state index in [1.54, 1.807) is 0 Å². The van der Waals surface area contributed by atoms with Crippen molar-refractivity contribution in [1.29, 1.82) is 0 Å². The Kier molecular flexibility index (Phi) is 3.43. The van der Waals surface area contributed by atoms with Crippen molar-refractivity contribution in [3.8, 4) is 5.75 Å². The summed E-state index contributed by atoms with van der Waals surface area (Å²) >= 11 is 0. The molecule has 2 rings (SSSR count). The molecule has 1 aliphatic heterocycles. The Morgan fingerprint density at radius 1 is 1.41 bits per heavy atom. The topological polar surface area (TPSA) is 35.2 Å². The molecule has 2 heteroatoms. The lowest BCUT2D eigenvalue weighted by Gasteiger charge is -2.41. The highest BCUT2D eigenvalue weighted by Gasteiger charge is 2.37. The quantitative estimate of drug-likeness (QED) is 0.863. The minimum Gasteiger partial charge on any atom is -0.487 e. The van der Waals surface area contributed by atoms with Crippen LogP contribution in [-0.2, 0) is 0 Å². The van der Waals surface area contributed by atoms with Gasteiger partial charge in [-0.1, -0.05) is 38.0 Å². The maximum Gasteiger partial charge on any atom is 0.124 e. The Morgan fingerprint density at radius 2 is 2.18 bits per heavy atom. The average molecular weight is 233 g/mol. The zero-order valence-corrected chi connectivity index (χ0v) is 11.1. The molecule has 0 saturated carbocycles. The molecule has 0 saturated heterocycles. The van der Waals surface area contributed by atoms with Crippen molar-refractivity contribution in [2.24, 2.45) is 5.73 Å². The van der Waals surface area contributed by atoms with E-state index in [9.17, 15) is 0 Å². The average Bonchev–Trinajstić information content (AvgIpc) is 2.31. The van der Waals surface area contributed by atoms with Crippen molar-refractivity contribution in [3.63, 3.8) is 0 Å². The van der Waals surface area contributed by atoms with E-state index in [-0.39, 0.29) is 11.6 Å². The zero-order chi connectivity index (χ0) is 12.5. The van der Waals surface area contributed by atoms with Gasteiger partial charge in [-0.2, -0.15) is 0 Å². The first-order chi connectivity index (χ1) is 8.10. The summed E-state index contributed by atoms with van der Waals surface area (Å²) in [4.78, 5) is 0. The fraction of sp³-hybridized carbons (Fsp3) is 0.600. The van der Waals surface area contributed by atoms with E-state index in [1.165, 1.54) is 11.1 Å². The van der Waals surface area contributed by atoms with Gasteiger partial charge in [0.15, 0.2) is 0 Å². The fourth-order valence-electron chi connectivity index (χ4n) is 2.84. The molecular formula is C15H23NO. The molecule has 2 atom stereocenters. The third-order valence-corrected chi connectivity index (χ3v) is 3.83. The summed E-state index contributed by atoms with van der Waals surface area (Å²) < 4.78 is 6.25. The molecule has 0 fully saturated rings. The van der Waals surface area contributed by atoms with Gasteiger partial charge < -0.3 is 10.5 Å². The number of benzene rings is 1. The summed E-state index contributed by atoms with van der Waals surface area (Å²) in [5, 5.41) is 0. The number of hydrogen-bond donors (Lipinski definition) is 1. The van der Waals surface area contributed by atoms with Gasteiger partial charge in [-0.15, -0.1) is 0 Å². The van der Waals surface area contributed by atoms with Gasteiger partial charge in [-0.05, 0) is 25.8 Å². The van der Waals surface area contributed by atoms with Crippen LogP contribution in [0.5, 0.6) is 5.75 Å². The van der Waals surface area contributed by atoms with E-state index in [1.807, 2.05) is 0 Å². The highest BCUT2D eigenvalue weighted by atomic mass is 16.5. The van der Waals surface area contributed by atoms with Crippen LogP contribution >= 0.6 is 0 Å². The van der Waals surface area contributed by atoms with Gasteiger partial charge in [0.1, 0.15) is 11.4 Å². The van der Waals surface area contributed by atoms with Crippen LogP contribution in [0.25, 0.3) is 0 Å². The Balaban J connectivity index is 2.35. The molecule has 0 aromatic heterocycles. The van der Waals surface area contributed by atoms with Crippen LogP contribution in [0.2, 0.25) is 0 Å². The van der Waals surface area contributed by atoms with Crippen LogP contribution in [0.15, 0.2) is 18.2 Å². The zero-order valence-electron chi connectivity index (χ0n) is 11.1. The molecule has 1 aromatic carbocycles. The third kappa shape index (κ3) is 2.32. The normalized spacial score (nSPS) is 27.4. The molecule has 17 heavy (non-hydrogen) atoms. The van der Waals surface area contributed by atoms with Crippen molar-refractivity contribution in [2.75, 3.05) is 0 Å². The van der Waals surface area contributed by atoms with Gasteiger partial charge in [0.25, 0.3) is 0 Å². The fourth-order valence-corrected chi connectivity index (χ4v) is 2.84. The molecule has 0 spiro atoms. The molecule has 0 aliphatic carbocycles. The molecule has 94 valence electrons. The van der Waals surface area contributed by atoms with E-state index in [2.05, 4.69) is 39.0 Å². The Hall–Kier alpha value is -1.02. The molecule has 0 radical (unpaired) electrons. The predicted molar refractivity (Wildman–Crippen MR) is 71.3 cm³/mol. The van der Waals surface area contributed by atoms with Gasteiger partial charge in [-0.25, -0.2) is 0 Å². The minimum atomic E-state index is -0.0452. The van der Waals surface area contributed by atoms with Crippen LogP contribution in [0, 0.1) is 6.92 Å². The Morgan fingerprint density at radius 3 is 2.82 bits per heavy atom. The monoisotopic (exact) mass is 233 g/mol. The second kappa shape index (κ2) is 4.69. The van der Waals surface area contributed by atoms with Crippen molar-refractivity contribution < 1.29 is 4.74 Å². The van der Waals surface area contributed by atoms with E-state index >= 15 is 0 Å². The number of rotatable bonds is 3. The van der Waals surface area contributed by atoms with Crippen LogP contribution in [0.1, 0.15) is 56.7 Å². The maximum atomic E-state index is 6.32. The highest BCUT2D eigenvalue weighted by Crippen LogP contribution is 2.42. The minimum absolute atomic E-state index is 0.0452. The number of ether oxygens (including phenoxy) is 1. The lowest BCUT2D eigenvalue weighted by atomic mass is 9.82. The predicted octanol–water partition coefficient (Wildman–Crippen LogP) is 3.73. The van der Waals surface area contributed by atoms with Crippen LogP contribution < -0.4 is 10.5 Å². The number of aryl methyl sites for hydroxylation is 1. The lowest BCUT2D eigenvalue weighted by molar-refractivity contribution is 0.0230. The van der Waals surface area contributed by atoms with Crippen LogP contribution in [0.3, 0.4) is 0 Å². The Bertz CT molecular complexity index is 402. The second-order valence-electron chi connectivity index (χ2n) is 5.24. The molecule has 1 aromatic rings. The van der Waals surface area contributed by atoms with Gasteiger partial charge >= 0.3 is 0 Å². The first-order valence-electron chi connectivity index (χ1n) is 6.65. The molecule has 2 N–H and O–H groups in total. The number of nitrogens with two attached hydrogens (primary N) is 1. The molecule has 0 amide bonds. The second-order valence-corrected chi connectivity index (χ2v) is 5.24. The number of fused-ring (bicyclic) bond motifs is 1. The highest BCUT2D eigenvalue weighted by molar-refractivity contribution is 5.41. The third-order valence-electron chi connectivity index (χ3n) is 3.83. The lowest BCUT2D eigenvalue weighted by Crippen LogP contribution is -2.42. The standard InChI is InChI=1S/C15H23NO/c1-4-8-15(5-2)10-13(16)12-9-11(3)6-7-14(12)17-15/h6-7,9,13H,4-5,8,10,16H2,1-3H3. The van der Waals surface area contributed by atoms with E-state index in [0.29, 0.717) is 0 Å². The molecule has 1 aliphatic rings. The smallest absolute Gasteiger partial charge is 0.124 e. The van der Waals surface area contributed by atoms with Crippen LogP contribution in [-0.4, -0.2) is 5.60 Å². The van der Waals surface area contributed by atoms with Gasteiger partial charge in [0.05, 0.1) is 0 Å². The summed E-state index contributed by atoms with van der Waals surface area (Å²) in [5.41, 5.74) is 8.70. The van der Waals surface area contributed by atoms with Gasteiger partial charge in [-0.3, -0.25) is 0 Å². The maximum absolute atomic E-state index is 6.32. The van der Waals surface area contributed by atoms with E-state index in [0.717, 1.165) is 31.4 Å². The van der Waals surface area contributed by atoms with E-state index in [4.69, 9.17) is 10.5 Å². The number of hydrogen-bond acceptors (Lipinski definition) is 2. The molecular weight excluding hydrogens is 210 g/mol. The summed E-state index contributed by atoms with van der Waals surface area (Å²) in [5.74, 6) is 0.990. The van der Waals surface area contributed by atoms with Crippen LogP contribution in [0.4, 0.5) is 0 Å². The first-order valence-corrected chi connectivity index (χ1v) is 6.65. The molecule has 0 bridgehead atoms. The molecule has 1 heterocycles. The molecule has 2 nitrogen and oxygen atoms in total. The molecule has 2 unspecified atom stereocenters. The summed E-state index contributed by atoms with van der Waals surface area (Å²) in [7, 11) is 0. The summed E-state index contributed by atoms with van der Waals surface area (Å²) in [6, 6.07) is 6.45. The van der Waals surface area contributed by atoms with Crippen molar-refractivity contribution >= 4 is 0 Å². The Labute approximate surface area is 104 Å². The van der Waals surface area contributed by atoms with Crippen molar-refractivity contribution in [3.05, 3.63) is 29.3 Å². The van der Waals surface area contributed by atoms with Crippen molar-refractivity contribution in [2.45, 2.75) is 58.1 Å². The SMILES string of the molecule is CCCC1(CC)CC(N)c2cc(C)ccc2O1. The summed E-state index contributed by atoms with van der Waals surface area (Å²) in [6.45, 7) is 6.50. The van der Waals surface area contributed by atoms with Gasteiger partial charge in [0.2, 0.25) is 0 Å². The largest absolute Gasteiger partial charge is 0.487 e. The van der Waals surface area contributed by atoms with Gasteiger partial charge in [0, 0.05) is 18.0 Å². The van der Waals surface area contributed by atoms with E-state index < -0.39 is 0 Å².